The summed E-state index contributed by atoms with van der Waals surface area (Å²) in [6.45, 7) is 14.9. The number of rotatable bonds is 20. The van der Waals surface area contributed by atoms with Crippen molar-refractivity contribution in [2.45, 2.75) is 291 Å². The van der Waals surface area contributed by atoms with Crippen LogP contribution in [0.25, 0.3) is 0 Å². The van der Waals surface area contributed by atoms with Crippen molar-refractivity contribution in [2.75, 3.05) is 62.0 Å². The highest BCUT2D eigenvalue weighted by Gasteiger charge is 2.47. The summed E-state index contributed by atoms with van der Waals surface area (Å²) in [5.74, 6) is 4.76. The molecule has 0 radical (unpaired) electrons. The normalized spacial score (nSPS) is 26.0. The Morgan fingerprint density at radius 2 is 0.600 bits per heavy atom. The lowest BCUT2D eigenvalue weighted by molar-refractivity contribution is -0.128. The zero-order chi connectivity index (χ0) is 93.9. The highest BCUT2D eigenvalue weighted by molar-refractivity contribution is 5.94. The van der Waals surface area contributed by atoms with Crippen LogP contribution in [0.2, 0.25) is 0 Å². The molecule has 0 spiro atoms. The third-order valence-corrected chi connectivity index (χ3v) is 28.8. The fourth-order valence-electron chi connectivity index (χ4n) is 21.2. The number of aromatic hydroxyl groups is 2. The number of Topliss-reactive ketones (excluding diaryl/α,β-unsaturated/α-hetero) is 7. The van der Waals surface area contributed by atoms with Crippen LogP contribution in [-0.2, 0) is 77.9 Å². The van der Waals surface area contributed by atoms with Crippen LogP contribution < -0.4 is 52.4 Å². The van der Waals surface area contributed by atoms with Crippen LogP contribution in [0.5, 0.6) is 23.0 Å². The van der Waals surface area contributed by atoms with Crippen LogP contribution in [0.4, 0.5) is 0 Å². The van der Waals surface area contributed by atoms with Gasteiger partial charge < -0.3 is 62.6 Å². The van der Waals surface area contributed by atoms with Gasteiger partial charge in [0, 0.05) is 50.5 Å². The first kappa shape index (κ1) is 104. The van der Waals surface area contributed by atoms with Crippen LogP contribution >= 0.6 is 0 Å². The molecule has 16 rings (SSSR count). The molecule has 9 atom stereocenters. The molecule has 0 amide bonds. The van der Waals surface area contributed by atoms with E-state index < -0.39 is 38.8 Å². The van der Waals surface area contributed by atoms with Crippen molar-refractivity contribution in [3.05, 3.63) is 262 Å². The van der Waals surface area contributed by atoms with Crippen LogP contribution in [0, 0.1) is 19.8 Å². The average Bonchev–Trinajstić information content (AvgIpc) is 0.769. The first-order valence-corrected chi connectivity index (χ1v) is 48.4. The highest BCUT2D eigenvalue weighted by atomic mass is 16.5. The number of carbonyl (C=O) groups is 7. The number of carbonyl (C=O) groups excluding carboxylic acids is 7. The van der Waals surface area contributed by atoms with Crippen LogP contribution in [-0.4, -0.2) is 113 Å². The lowest BCUT2D eigenvalue weighted by atomic mass is 9.70. The number of ether oxygens (including phenoxy) is 2. The van der Waals surface area contributed by atoms with E-state index in [9.17, 15) is 43.8 Å². The van der Waals surface area contributed by atoms with Crippen molar-refractivity contribution in [3.63, 3.8) is 0 Å². The number of phenolic OH excluding ortho intramolecular Hbond substituents is 2. The van der Waals surface area contributed by atoms with Gasteiger partial charge in [0.15, 0.2) is 40.5 Å². The van der Waals surface area contributed by atoms with Crippen LogP contribution in [0.1, 0.15) is 289 Å². The maximum atomic E-state index is 12.4. The van der Waals surface area contributed by atoms with E-state index in [-0.39, 0.29) is 28.6 Å². The number of nitrogens with two attached hydrogens (primary N) is 1. The Morgan fingerprint density at radius 1 is 0.315 bits per heavy atom. The zero-order valence-electron chi connectivity index (χ0n) is 80.1. The summed E-state index contributed by atoms with van der Waals surface area (Å²) in [6, 6.07) is 66.9. The van der Waals surface area contributed by atoms with Crippen LogP contribution in [0.3, 0.4) is 0 Å². The smallest absolute Gasteiger partial charge is 0.157 e. The quantitative estimate of drug-likeness (QED) is 0.0339. The van der Waals surface area contributed by atoms with Crippen molar-refractivity contribution in [1.29, 1.82) is 0 Å². The molecule has 8 fully saturated rings. The topological polar surface area (TPSA) is 289 Å². The molecule has 0 bridgehead atoms. The summed E-state index contributed by atoms with van der Waals surface area (Å²) in [5.41, 5.74) is 14.0. The summed E-state index contributed by atoms with van der Waals surface area (Å²) in [6.07, 6.45) is 30.6. The molecule has 1 unspecified atom stereocenters. The molecule has 0 saturated heterocycles. The van der Waals surface area contributed by atoms with Gasteiger partial charge in [-0.25, -0.2) is 0 Å². The van der Waals surface area contributed by atoms with E-state index in [1.165, 1.54) is 36.0 Å². The summed E-state index contributed by atoms with van der Waals surface area (Å²) < 4.78 is 10.5. The van der Waals surface area contributed by atoms with E-state index in [2.05, 4.69) is 144 Å². The fourth-order valence-corrected chi connectivity index (χ4v) is 21.2. The second kappa shape index (κ2) is 50.3. The van der Waals surface area contributed by atoms with Gasteiger partial charge in [0.25, 0.3) is 0 Å². The molecular weight excluding hydrogens is 1620 g/mol. The predicted molar refractivity (Wildman–Crippen MR) is 524 cm³/mol. The molecule has 8 aliphatic rings. The molecule has 11 N–H and O–H groups in total. The number of likely N-dealkylation sites (N-methyl/N-ethyl adjacent to an activating group) is 7. The maximum Gasteiger partial charge on any atom is 0.157 e. The van der Waals surface area contributed by atoms with E-state index in [0.29, 0.717) is 79.8 Å². The molecule has 8 aliphatic carbocycles. The Labute approximate surface area is 776 Å². The highest BCUT2D eigenvalue weighted by Crippen LogP contribution is 2.44. The SMILES string of the molecule is CC1CCCC[C@]1(N)c1ccccc1.CCN[C@]1(c2cccc(O)c2)CCCCC1=O.CCN[C@]1(c2cccc(OC)c2)CCCCC1=O.CCN[C@]1(c2ccccc2)CCCCC1=O.CN[C@]1(c2ccc(C)cc2)CCCCC1=O.CN[C@]1(c2cccc(O)c2)CCCCC1=O.CN[C@]1(c2cccc(OC)c2)CCCCC1=O.CN[C@]1(c2ccccc2C)CCCCC1=O. The number of hydrogen-bond acceptors (Lipinski definition) is 19. The fraction of sp³-hybridized carbons (Fsp3) is 0.505. The second-order valence-electron chi connectivity index (χ2n) is 36.5. The van der Waals surface area contributed by atoms with Gasteiger partial charge in [-0.05, 0) is 269 Å². The Hall–Kier alpha value is -9.67. The van der Waals surface area contributed by atoms with E-state index in [0.717, 1.165) is 211 Å². The third kappa shape index (κ3) is 25.0. The van der Waals surface area contributed by atoms with Gasteiger partial charge in [0.2, 0.25) is 0 Å². The summed E-state index contributed by atoms with van der Waals surface area (Å²) in [7, 11) is 10.8. The molecular formula is C111H152N8O11. The molecule has 0 aromatic heterocycles. The third-order valence-electron chi connectivity index (χ3n) is 28.8. The number of hydrogen-bond donors (Lipinski definition) is 10. The van der Waals surface area contributed by atoms with E-state index in [1.807, 2.05) is 133 Å². The average molecular weight is 1770 g/mol. The van der Waals surface area contributed by atoms with Crippen molar-refractivity contribution in [2.24, 2.45) is 11.7 Å². The molecule has 130 heavy (non-hydrogen) atoms. The minimum absolute atomic E-state index is 0.0699. The minimum Gasteiger partial charge on any atom is -0.508 e. The lowest BCUT2D eigenvalue weighted by Crippen LogP contribution is -2.50. The molecule has 8 aromatic rings. The van der Waals surface area contributed by atoms with Gasteiger partial charge in [-0.15, -0.1) is 0 Å². The Balaban J connectivity index is 0.000000168. The van der Waals surface area contributed by atoms with E-state index in [1.54, 1.807) is 50.6 Å². The Bertz CT molecular complexity index is 4920. The molecule has 0 heterocycles. The minimum atomic E-state index is -0.586. The van der Waals surface area contributed by atoms with Crippen molar-refractivity contribution < 1.29 is 53.2 Å². The first-order chi connectivity index (χ1) is 62.7. The zero-order valence-corrected chi connectivity index (χ0v) is 80.1. The summed E-state index contributed by atoms with van der Waals surface area (Å²) in [4.78, 5) is 85.7. The maximum absolute atomic E-state index is 12.4. The van der Waals surface area contributed by atoms with Crippen molar-refractivity contribution in [1.82, 2.24) is 37.2 Å². The summed E-state index contributed by atoms with van der Waals surface area (Å²) in [5, 5.41) is 42.1. The van der Waals surface area contributed by atoms with Crippen molar-refractivity contribution >= 4 is 40.5 Å². The molecule has 19 nitrogen and oxygen atoms in total. The molecule has 702 valence electrons. The molecule has 8 saturated carbocycles. The standard InChI is InChI=1S/C15H21NO2.2C14H19NO2.3C14H19NO.C13H17NO2.C13H19N/c1-3-16-15(10-5-4-9-14(15)17)12-7-6-8-13(11-12)18-2;1-15-14(9-4-3-8-13(14)16)11-6-5-7-12(10-11)17-2;1-2-15-14(9-4-3-8-13(14)17)11-6-5-7-12(16)10-11;1-11-7-3-4-8-12(11)14(15-2)10-6-5-9-13(14)16;1-11-6-8-12(9-7-11)14(15-2)10-4-3-5-13(14)16;1-2-15-14(11-7-6-10-13(14)16)12-8-4-3-5-9-12;1-14-13(8-3-2-7-12(13)16)10-5-4-6-11(15)9-10;1-11-7-5-6-10-13(11,14)12-8-3-2-4-9-12/h6-8,11,16H,3-5,9-10H2,1-2H3;5-7,10,15H,3-4,8-9H2,1-2H3;5-7,10,15-16H,2-4,8-9H2,1H3;3-4,7-8,15H,5-6,9-10H2,1-2H3;6-9,15H,3-5,10H2,1-2H3;3-5,8-9,15H,2,6-7,10-11H2,1H3;4-6,9,14-15H,2-3,7-8H2,1H3;2-4,8-9,11H,5-7,10,14H2,1H3/t15-;5*14-;13-;11?,13-/m00000001/s1. The van der Waals surface area contributed by atoms with E-state index >= 15 is 0 Å². The largest absolute Gasteiger partial charge is 0.508 e. The van der Waals surface area contributed by atoms with Crippen molar-refractivity contribution in [3.8, 4) is 23.0 Å². The first-order valence-electron chi connectivity index (χ1n) is 48.4. The van der Waals surface area contributed by atoms with Gasteiger partial charge in [0.05, 0.1) is 14.2 Å². The van der Waals surface area contributed by atoms with Gasteiger partial charge in [0.1, 0.15) is 61.8 Å². The van der Waals surface area contributed by atoms with Gasteiger partial charge in [-0.2, -0.15) is 0 Å². The Morgan fingerprint density at radius 3 is 0.938 bits per heavy atom. The number of phenols is 2. The van der Waals surface area contributed by atoms with Gasteiger partial charge >= 0.3 is 0 Å². The molecule has 19 heteroatoms. The van der Waals surface area contributed by atoms with Gasteiger partial charge in [-0.1, -0.05) is 249 Å². The monoisotopic (exact) mass is 1770 g/mol. The Kier molecular flexibility index (Phi) is 40.2. The molecule has 0 aliphatic heterocycles. The number of ketones is 7. The summed E-state index contributed by atoms with van der Waals surface area (Å²) >= 11 is 0. The second-order valence-corrected chi connectivity index (χ2v) is 36.5. The number of nitrogens with one attached hydrogen (secondary N) is 7. The van der Waals surface area contributed by atoms with E-state index in [4.69, 9.17) is 15.2 Å². The van der Waals surface area contributed by atoms with Crippen LogP contribution in [0.15, 0.2) is 206 Å². The predicted octanol–water partition coefficient (Wildman–Crippen LogP) is 20.0. The number of aryl methyl sites for hydroxylation is 2. The number of benzene rings is 8. The van der Waals surface area contributed by atoms with Gasteiger partial charge in [-0.3, -0.25) is 33.6 Å². The lowest BCUT2D eigenvalue weighted by Gasteiger charge is -2.40. The molecule has 8 aromatic carbocycles. The number of methoxy groups -OCH3 is 2.